The number of carbonyl (C=O) groups is 2. The van der Waals surface area contributed by atoms with Crippen LogP contribution in [0.2, 0.25) is 0 Å². The van der Waals surface area contributed by atoms with Crippen LogP contribution < -0.4 is 15.5 Å². The van der Waals surface area contributed by atoms with Crippen molar-refractivity contribution in [3.63, 3.8) is 0 Å². The Balaban J connectivity index is 1.68. The molecule has 0 bridgehead atoms. The molecule has 0 aliphatic heterocycles. The molecule has 172 valence electrons. The van der Waals surface area contributed by atoms with Crippen molar-refractivity contribution in [1.29, 1.82) is 0 Å². The van der Waals surface area contributed by atoms with Crippen molar-refractivity contribution in [2.75, 3.05) is 18.5 Å². The summed E-state index contributed by atoms with van der Waals surface area (Å²) in [5.74, 6) is 0.385. The SMILES string of the molecule is CCOC(=O)c1cccc(-n2c(C)cc(/C=N/NC(=O)Nc3ccc(OCC)cc3)c2C)c1. The van der Waals surface area contributed by atoms with Crippen LogP contribution in [0.1, 0.15) is 41.2 Å². The van der Waals surface area contributed by atoms with Gasteiger partial charge < -0.3 is 19.4 Å². The molecule has 0 spiro atoms. The molecule has 0 radical (unpaired) electrons. The summed E-state index contributed by atoms with van der Waals surface area (Å²) in [6, 6.07) is 15.9. The molecule has 2 N–H and O–H groups in total. The average molecular weight is 449 g/mol. The quantitative estimate of drug-likeness (QED) is 0.293. The molecule has 0 saturated heterocycles. The highest BCUT2D eigenvalue weighted by Crippen LogP contribution is 2.21. The number of hydrazone groups is 1. The summed E-state index contributed by atoms with van der Waals surface area (Å²) >= 11 is 0. The first-order valence-corrected chi connectivity index (χ1v) is 10.7. The van der Waals surface area contributed by atoms with Crippen LogP contribution in [-0.4, -0.2) is 36.0 Å². The van der Waals surface area contributed by atoms with E-state index in [2.05, 4.69) is 15.8 Å². The van der Waals surface area contributed by atoms with E-state index < -0.39 is 6.03 Å². The Bertz CT molecular complexity index is 1150. The minimum Gasteiger partial charge on any atom is -0.494 e. The van der Waals surface area contributed by atoms with Gasteiger partial charge in [0.25, 0.3) is 0 Å². The third-order valence-electron chi connectivity index (χ3n) is 4.88. The predicted molar refractivity (Wildman–Crippen MR) is 129 cm³/mol. The summed E-state index contributed by atoms with van der Waals surface area (Å²) in [5, 5.41) is 6.78. The molecule has 1 aromatic heterocycles. The number of nitrogens with zero attached hydrogens (tertiary/aromatic N) is 2. The van der Waals surface area contributed by atoms with Gasteiger partial charge in [-0.05, 0) is 76.2 Å². The van der Waals surface area contributed by atoms with E-state index >= 15 is 0 Å². The summed E-state index contributed by atoms with van der Waals surface area (Å²) in [6.07, 6.45) is 1.59. The van der Waals surface area contributed by atoms with Crippen LogP contribution in [0.3, 0.4) is 0 Å². The van der Waals surface area contributed by atoms with Crippen molar-refractivity contribution in [3.8, 4) is 11.4 Å². The maximum atomic E-state index is 12.1. The summed E-state index contributed by atoms with van der Waals surface area (Å²) in [5.41, 5.74) is 7.17. The van der Waals surface area contributed by atoms with E-state index in [-0.39, 0.29) is 5.97 Å². The Hall–Kier alpha value is -4.07. The van der Waals surface area contributed by atoms with E-state index in [9.17, 15) is 9.59 Å². The fraction of sp³-hybridized carbons (Fsp3) is 0.240. The van der Waals surface area contributed by atoms with Gasteiger partial charge in [-0.25, -0.2) is 15.0 Å². The largest absolute Gasteiger partial charge is 0.494 e. The van der Waals surface area contributed by atoms with Gasteiger partial charge in [0.15, 0.2) is 0 Å². The number of amides is 2. The molecular weight excluding hydrogens is 420 g/mol. The lowest BCUT2D eigenvalue weighted by Gasteiger charge is -2.11. The molecule has 0 unspecified atom stereocenters. The number of urea groups is 1. The molecule has 3 aromatic rings. The van der Waals surface area contributed by atoms with Crippen LogP contribution in [0.25, 0.3) is 5.69 Å². The highest BCUT2D eigenvalue weighted by atomic mass is 16.5. The Morgan fingerprint density at radius 1 is 1.03 bits per heavy atom. The highest BCUT2D eigenvalue weighted by molar-refractivity contribution is 5.91. The summed E-state index contributed by atoms with van der Waals surface area (Å²) in [6.45, 7) is 8.51. The molecule has 8 heteroatoms. The minimum absolute atomic E-state index is 0.324. The first-order chi connectivity index (χ1) is 15.9. The second kappa shape index (κ2) is 11.0. The lowest BCUT2D eigenvalue weighted by Crippen LogP contribution is -2.24. The topological polar surface area (TPSA) is 94.0 Å². The zero-order chi connectivity index (χ0) is 23.8. The van der Waals surface area contributed by atoms with Crippen molar-refractivity contribution in [2.45, 2.75) is 27.7 Å². The van der Waals surface area contributed by atoms with Gasteiger partial charge in [-0.15, -0.1) is 0 Å². The van der Waals surface area contributed by atoms with Gasteiger partial charge >= 0.3 is 12.0 Å². The fourth-order valence-corrected chi connectivity index (χ4v) is 3.42. The second-order valence-corrected chi connectivity index (χ2v) is 7.21. The van der Waals surface area contributed by atoms with E-state index in [1.807, 2.05) is 43.5 Å². The Morgan fingerprint density at radius 2 is 1.79 bits per heavy atom. The number of carbonyl (C=O) groups excluding carboxylic acids is 2. The number of hydrogen-bond donors (Lipinski definition) is 2. The number of benzene rings is 2. The monoisotopic (exact) mass is 448 g/mol. The molecule has 0 aliphatic carbocycles. The highest BCUT2D eigenvalue weighted by Gasteiger charge is 2.12. The Labute approximate surface area is 193 Å². The number of esters is 1. The second-order valence-electron chi connectivity index (χ2n) is 7.21. The molecule has 0 aliphatic rings. The number of aryl methyl sites for hydroxylation is 1. The van der Waals surface area contributed by atoms with Crippen LogP contribution in [0, 0.1) is 13.8 Å². The number of rotatable bonds is 8. The molecule has 8 nitrogen and oxygen atoms in total. The fourth-order valence-electron chi connectivity index (χ4n) is 3.42. The van der Waals surface area contributed by atoms with Crippen molar-refractivity contribution in [3.05, 3.63) is 77.1 Å². The third-order valence-corrected chi connectivity index (χ3v) is 4.88. The zero-order valence-electron chi connectivity index (χ0n) is 19.2. The van der Waals surface area contributed by atoms with Gasteiger partial charge in [0.05, 0.1) is 25.0 Å². The van der Waals surface area contributed by atoms with E-state index in [0.29, 0.717) is 24.5 Å². The normalized spacial score (nSPS) is 10.8. The third kappa shape index (κ3) is 6.00. The number of hydrogen-bond acceptors (Lipinski definition) is 5. The zero-order valence-corrected chi connectivity index (χ0v) is 19.2. The van der Waals surface area contributed by atoms with Crippen LogP contribution in [0.4, 0.5) is 10.5 Å². The van der Waals surface area contributed by atoms with E-state index in [4.69, 9.17) is 9.47 Å². The van der Waals surface area contributed by atoms with Crippen molar-refractivity contribution in [1.82, 2.24) is 9.99 Å². The lowest BCUT2D eigenvalue weighted by atomic mass is 10.2. The number of nitrogens with one attached hydrogen (secondary N) is 2. The summed E-state index contributed by atoms with van der Waals surface area (Å²) < 4.78 is 12.5. The van der Waals surface area contributed by atoms with Gasteiger partial charge in [-0.3, -0.25) is 0 Å². The first-order valence-electron chi connectivity index (χ1n) is 10.7. The summed E-state index contributed by atoms with van der Waals surface area (Å²) in [7, 11) is 0. The van der Waals surface area contributed by atoms with Crippen molar-refractivity contribution < 1.29 is 19.1 Å². The minimum atomic E-state index is -0.452. The van der Waals surface area contributed by atoms with Gasteiger partial charge in [-0.2, -0.15) is 5.10 Å². The molecule has 3 rings (SSSR count). The first kappa shape index (κ1) is 23.6. The van der Waals surface area contributed by atoms with Crippen molar-refractivity contribution in [2.24, 2.45) is 5.10 Å². The van der Waals surface area contributed by atoms with E-state index in [1.165, 1.54) is 0 Å². The molecule has 33 heavy (non-hydrogen) atoms. The maximum Gasteiger partial charge on any atom is 0.339 e. The standard InChI is InChI=1S/C25H28N4O4/c1-5-32-23-12-10-21(11-13-23)27-25(31)28-26-16-20-14-17(3)29(18(20)4)22-9-7-8-19(15-22)24(30)33-6-2/h7-16H,5-6H2,1-4H3,(H2,27,28,31)/b26-16+. The molecule has 0 atom stereocenters. The average Bonchev–Trinajstić information content (AvgIpc) is 3.08. The number of aromatic nitrogens is 1. The van der Waals surface area contributed by atoms with Crippen molar-refractivity contribution >= 4 is 23.9 Å². The van der Waals surface area contributed by atoms with Gasteiger partial charge in [-0.1, -0.05) is 6.07 Å². The molecule has 0 saturated carbocycles. The van der Waals surface area contributed by atoms with Gasteiger partial charge in [0.2, 0.25) is 0 Å². The number of ether oxygens (including phenoxy) is 2. The molecule has 2 amide bonds. The van der Waals surface area contributed by atoms with E-state index in [0.717, 1.165) is 28.4 Å². The molecular formula is C25H28N4O4. The smallest absolute Gasteiger partial charge is 0.339 e. The van der Waals surface area contributed by atoms with Crippen LogP contribution in [0.5, 0.6) is 5.75 Å². The predicted octanol–water partition coefficient (Wildman–Crippen LogP) is 4.83. The molecule has 1 heterocycles. The Morgan fingerprint density at radius 3 is 2.48 bits per heavy atom. The molecule has 0 fully saturated rings. The van der Waals surface area contributed by atoms with Crippen LogP contribution >= 0.6 is 0 Å². The van der Waals surface area contributed by atoms with Gasteiger partial charge in [0.1, 0.15) is 5.75 Å². The Kier molecular flexibility index (Phi) is 7.86. The van der Waals surface area contributed by atoms with Crippen LogP contribution in [-0.2, 0) is 4.74 Å². The number of anilines is 1. The van der Waals surface area contributed by atoms with Crippen LogP contribution in [0.15, 0.2) is 59.7 Å². The van der Waals surface area contributed by atoms with Gasteiger partial charge in [0, 0.05) is 28.3 Å². The maximum absolute atomic E-state index is 12.1. The summed E-state index contributed by atoms with van der Waals surface area (Å²) in [4.78, 5) is 24.2. The molecule has 2 aromatic carbocycles. The lowest BCUT2D eigenvalue weighted by molar-refractivity contribution is 0.0526. The van der Waals surface area contributed by atoms with E-state index in [1.54, 1.807) is 49.5 Å².